The molecule has 0 saturated carbocycles. The first-order valence-electron chi connectivity index (χ1n) is 7.91. The third kappa shape index (κ3) is 3.70. The third-order valence-electron chi connectivity index (χ3n) is 3.60. The number of benzene rings is 2. The Labute approximate surface area is 159 Å². The number of carbonyl (C=O) groups is 1. The van der Waals surface area contributed by atoms with Crippen LogP contribution in [0.4, 0.5) is 5.69 Å². The lowest BCUT2D eigenvalue weighted by Gasteiger charge is -2.14. The number of hydrogen-bond donors (Lipinski definition) is 1. The molecule has 8 heteroatoms. The number of carbonyl (C=O) groups excluding carboxylic acids is 1. The van der Waals surface area contributed by atoms with Gasteiger partial charge in [-0.3, -0.25) is 4.79 Å². The number of halogens is 1. The highest BCUT2D eigenvalue weighted by Gasteiger charge is 2.17. The quantitative estimate of drug-likeness (QED) is 0.662. The van der Waals surface area contributed by atoms with E-state index in [2.05, 4.69) is 31.6 Å². The predicted molar refractivity (Wildman–Crippen MR) is 101 cm³/mol. The van der Waals surface area contributed by atoms with Crippen LogP contribution in [0.1, 0.15) is 17.3 Å². The maximum atomic E-state index is 12.8. The van der Waals surface area contributed by atoms with Crippen LogP contribution in [0.25, 0.3) is 5.69 Å². The Kier molecular flexibility index (Phi) is 5.52. The van der Waals surface area contributed by atoms with E-state index >= 15 is 0 Å². The largest absolute Gasteiger partial charge is 0.493 e. The Hall–Kier alpha value is -2.87. The second kappa shape index (κ2) is 8.01. The van der Waals surface area contributed by atoms with Crippen LogP contribution in [0.3, 0.4) is 0 Å². The van der Waals surface area contributed by atoms with Gasteiger partial charge in [0.25, 0.3) is 5.91 Å². The molecule has 7 nitrogen and oxygen atoms in total. The van der Waals surface area contributed by atoms with Crippen LogP contribution in [-0.2, 0) is 0 Å². The second-order valence-electron chi connectivity index (χ2n) is 5.24. The van der Waals surface area contributed by atoms with Crippen LogP contribution in [-0.4, -0.2) is 34.6 Å². The molecule has 0 aliphatic rings. The number of hydrogen-bond acceptors (Lipinski definition) is 5. The summed E-state index contributed by atoms with van der Waals surface area (Å²) in [6, 6.07) is 10.7. The maximum Gasteiger partial charge on any atom is 0.255 e. The molecule has 3 rings (SSSR count). The normalized spacial score (nSPS) is 10.4. The lowest BCUT2D eigenvalue weighted by atomic mass is 10.1. The van der Waals surface area contributed by atoms with Crippen LogP contribution in [0.15, 0.2) is 53.3 Å². The maximum absolute atomic E-state index is 12.8. The minimum atomic E-state index is -0.278. The summed E-state index contributed by atoms with van der Waals surface area (Å²) < 4.78 is 13.1. The second-order valence-corrected chi connectivity index (χ2v) is 6.10. The van der Waals surface area contributed by atoms with E-state index in [1.807, 2.05) is 25.1 Å². The summed E-state index contributed by atoms with van der Waals surface area (Å²) in [5.41, 5.74) is 1.77. The Balaban J connectivity index is 1.91. The van der Waals surface area contributed by atoms with Gasteiger partial charge in [0.2, 0.25) is 0 Å². The summed E-state index contributed by atoms with van der Waals surface area (Å²) >= 11 is 3.43. The van der Waals surface area contributed by atoms with Gasteiger partial charge in [0, 0.05) is 5.56 Å². The van der Waals surface area contributed by atoms with E-state index in [1.54, 1.807) is 35.3 Å². The molecule has 134 valence electrons. The monoisotopic (exact) mass is 416 g/mol. The molecule has 0 atom stereocenters. The Morgan fingerprint density at radius 2 is 2.12 bits per heavy atom. The van der Waals surface area contributed by atoms with Crippen LogP contribution in [0.2, 0.25) is 0 Å². The van der Waals surface area contributed by atoms with Crippen molar-refractivity contribution in [1.82, 2.24) is 15.0 Å². The Bertz CT molecular complexity index is 913. The number of nitrogens with zero attached hydrogens (tertiary/aromatic N) is 3. The van der Waals surface area contributed by atoms with Gasteiger partial charge in [0.05, 0.1) is 42.0 Å². The minimum absolute atomic E-state index is 0.278. The molecule has 1 N–H and O–H groups in total. The smallest absolute Gasteiger partial charge is 0.255 e. The molecular weight excluding hydrogens is 400 g/mol. The van der Waals surface area contributed by atoms with Crippen molar-refractivity contribution >= 4 is 27.5 Å². The summed E-state index contributed by atoms with van der Waals surface area (Å²) in [6.45, 7) is 2.37. The molecule has 0 fully saturated rings. The molecule has 0 spiro atoms. The minimum Gasteiger partial charge on any atom is -0.493 e. The molecule has 26 heavy (non-hydrogen) atoms. The Morgan fingerprint density at radius 1 is 1.31 bits per heavy atom. The molecule has 0 unspecified atom stereocenters. The van der Waals surface area contributed by atoms with Crippen LogP contribution < -0.4 is 14.8 Å². The lowest BCUT2D eigenvalue weighted by Crippen LogP contribution is -2.14. The van der Waals surface area contributed by atoms with E-state index < -0.39 is 0 Å². The first kappa shape index (κ1) is 17.9. The summed E-state index contributed by atoms with van der Waals surface area (Å²) in [5.74, 6) is 0.769. The molecule has 0 aliphatic heterocycles. The fourth-order valence-corrected chi connectivity index (χ4v) is 3.00. The van der Waals surface area contributed by atoms with Crippen molar-refractivity contribution in [2.24, 2.45) is 0 Å². The summed E-state index contributed by atoms with van der Waals surface area (Å²) in [4.78, 5) is 12.8. The molecule has 0 aliphatic carbocycles. The zero-order valence-corrected chi connectivity index (χ0v) is 15.9. The average molecular weight is 417 g/mol. The number of amides is 1. The fraction of sp³-hybridized carbons (Fsp3) is 0.167. The zero-order chi connectivity index (χ0) is 18.5. The highest BCUT2D eigenvalue weighted by molar-refractivity contribution is 9.10. The average Bonchev–Trinajstić information content (AvgIpc) is 3.18. The molecule has 0 saturated heterocycles. The molecule has 1 heterocycles. The van der Waals surface area contributed by atoms with Gasteiger partial charge in [-0.25, -0.2) is 4.68 Å². The first-order valence-corrected chi connectivity index (χ1v) is 8.70. The van der Waals surface area contributed by atoms with Gasteiger partial charge in [-0.15, -0.1) is 5.10 Å². The van der Waals surface area contributed by atoms with E-state index in [-0.39, 0.29) is 5.91 Å². The standard InChI is InChI=1S/C18H17BrN4O3/c1-3-26-17-13(19)10-12(11-16(17)25-2)18(24)21-14-6-4-5-7-15(14)23-9-8-20-22-23/h4-11H,3H2,1-2H3,(H,21,24). The van der Waals surface area contributed by atoms with E-state index in [1.165, 1.54) is 7.11 Å². The topological polar surface area (TPSA) is 78.3 Å². The van der Waals surface area contributed by atoms with Crippen molar-refractivity contribution < 1.29 is 14.3 Å². The highest BCUT2D eigenvalue weighted by Crippen LogP contribution is 2.37. The summed E-state index contributed by atoms with van der Waals surface area (Å²) in [5, 5.41) is 10.7. The van der Waals surface area contributed by atoms with Crippen molar-refractivity contribution in [3.63, 3.8) is 0 Å². The van der Waals surface area contributed by atoms with Gasteiger partial charge in [0.1, 0.15) is 0 Å². The number of para-hydroxylation sites is 2. The first-order chi connectivity index (χ1) is 12.6. The van der Waals surface area contributed by atoms with Crippen molar-refractivity contribution in [1.29, 1.82) is 0 Å². The van der Waals surface area contributed by atoms with E-state index in [0.717, 1.165) is 5.69 Å². The molecule has 2 aromatic carbocycles. The van der Waals surface area contributed by atoms with Gasteiger partial charge >= 0.3 is 0 Å². The van der Waals surface area contributed by atoms with Gasteiger partial charge in [-0.1, -0.05) is 17.3 Å². The van der Waals surface area contributed by atoms with Gasteiger partial charge in [-0.2, -0.15) is 0 Å². The zero-order valence-electron chi connectivity index (χ0n) is 14.3. The SMILES string of the molecule is CCOc1c(Br)cc(C(=O)Nc2ccccc2-n2ccnn2)cc1OC. The molecule has 1 amide bonds. The fourth-order valence-electron chi connectivity index (χ4n) is 2.45. The van der Waals surface area contributed by atoms with Crippen molar-refractivity contribution in [2.75, 3.05) is 19.0 Å². The highest BCUT2D eigenvalue weighted by atomic mass is 79.9. The number of rotatable bonds is 6. The molecule has 0 radical (unpaired) electrons. The number of anilines is 1. The van der Waals surface area contributed by atoms with E-state index in [4.69, 9.17) is 9.47 Å². The summed E-state index contributed by atoms with van der Waals surface area (Å²) in [6.07, 6.45) is 3.29. The van der Waals surface area contributed by atoms with E-state index in [0.29, 0.717) is 33.8 Å². The van der Waals surface area contributed by atoms with Gasteiger partial charge in [-0.05, 0) is 47.1 Å². The number of aromatic nitrogens is 3. The third-order valence-corrected chi connectivity index (χ3v) is 4.19. The lowest BCUT2D eigenvalue weighted by molar-refractivity contribution is 0.102. The molecule has 3 aromatic rings. The molecule has 1 aromatic heterocycles. The van der Waals surface area contributed by atoms with Crippen LogP contribution in [0.5, 0.6) is 11.5 Å². The van der Waals surface area contributed by atoms with Crippen molar-refractivity contribution in [3.8, 4) is 17.2 Å². The van der Waals surface area contributed by atoms with Crippen LogP contribution >= 0.6 is 15.9 Å². The number of methoxy groups -OCH3 is 1. The molecular formula is C18H17BrN4O3. The Morgan fingerprint density at radius 3 is 2.81 bits per heavy atom. The summed E-state index contributed by atoms with van der Waals surface area (Å²) in [7, 11) is 1.53. The number of nitrogens with one attached hydrogen (secondary N) is 1. The van der Waals surface area contributed by atoms with Crippen molar-refractivity contribution in [2.45, 2.75) is 6.92 Å². The van der Waals surface area contributed by atoms with E-state index in [9.17, 15) is 4.79 Å². The van der Waals surface area contributed by atoms with Gasteiger partial charge < -0.3 is 14.8 Å². The van der Waals surface area contributed by atoms with Crippen LogP contribution in [0, 0.1) is 0 Å². The van der Waals surface area contributed by atoms with Crippen molar-refractivity contribution in [3.05, 3.63) is 58.8 Å². The predicted octanol–water partition coefficient (Wildman–Crippen LogP) is 3.69. The van der Waals surface area contributed by atoms with Gasteiger partial charge in [0.15, 0.2) is 11.5 Å². The molecule has 0 bridgehead atoms. The number of ether oxygens (including phenoxy) is 2.